The lowest BCUT2D eigenvalue weighted by Crippen LogP contribution is -2.33. The van der Waals surface area contributed by atoms with Crippen LogP contribution in [0.3, 0.4) is 0 Å². The van der Waals surface area contributed by atoms with Crippen molar-refractivity contribution in [2.24, 2.45) is 0 Å². The lowest BCUT2D eigenvalue weighted by Gasteiger charge is -2.27. The van der Waals surface area contributed by atoms with Crippen LogP contribution in [0.2, 0.25) is 0 Å². The SMILES string of the molecule is COc1ccc(OC)c([C@H]2CCCN2C(=O)Cn2c(-c3cscn3)nc3ccccc32)c1. The molecule has 0 radical (unpaired) electrons. The van der Waals surface area contributed by atoms with E-state index >= 15 is 0 Å². The number of fused-ring (bicyclic) bond motifs is 1. The highest BCUT2D eigenvalue weighted by molar-refractivity contribution is 7.07. The highest BCUT2D eigenvalue weighted by atomic mass is 32.1. The van der Waals surface area contributed by atoms with Crippen LogP contribution in [0, 0.1) is 0 Å². The standard InChI is InChI=1S/C24H24N4O3S/c1-30-16-9-10-22(31-2)17(12-16)20-8-5-11-27(20)23(29)13-28-21-7-4-3-6-18(21)26-24(28)19-14-32-15-25-19/h3-4,6-7,9-10,12,14-15,20H,5,8,11,13H2,1-2H3/t20-/m1/s1. The van der Waals surface area contributed by atoms with Crippen LogP contribution in [0.25, 0.3) is 22.6 Å². The molecule has 1 atom stereocenters. The number of amides is 1. The third kappa shape index (κ3) is 3.60. The Kier molecular flexibility index (Phi) is 5.53. The zero-order valence-electron chi connectivity index (χ0n) is 18.0. The molecule has 2 aromatic carbocycles. The summed E-state index contributed by atoms with van der Waals surface area (Å²) in [6.07, 6.45) is 1.83. The maximum atomic E-state index is 13.6. The molecule has 3 heterocycles. The summed E-state index contributed by atoms with van der Waals surface area (Å²) in [5, 5.41) is 1.96. The van der Waals surface area contributed by atoms with Crippen LogP contribution < -0.4 is 9.47 Å². The Morgan fingerprint density at radius 3 is 2.84 bits per heavy atom. The van der Waals surface area contributed by atoms with Crippen molar-refractivity contribution in [3.63, 3.8) is 0 Å². The maximum absolute atomic E-state index is 13.6. The molecule has 1 amide bonds. The highest BCUT2D eigenvalue weighted by Gasteiger charge is 2.33. The molecule has 1 saturated heterocycles. The summed E-state index contributed by atoms with van der Waals surface area (Å²) in [6.45, 7) is 0.915. The van der Waals surface area contributed by atoms with Gasteiger partial charge in [-0.25, -0.2) is 9.97 Å². The molecule has 0 unspecified atom stereocenters. The van der Waals surface area contributed by atoms with Gasteiger partial charge in [-0.15, -0.1) is 11.3 Å². The summed E-state index contributed by atoms with van der Waals surface area (Å²) in [7, 11) is 3.30. The lowest BCUT2D eigenvalue weighted by atomic mass is 10.0. The molecule has 0 N–H and O–H groups in total. The number of carbonyl (C=O) groups is 1. The van der Waals surface area contributed by atoms with Crippen molar-refractivity contribution in [3.8, 4) is 23.0 Å². The van der Waals surface area contributed by atoms with E-state index in [2.05, 4.69) is 4.98 Å². The van der Waals surface area contributed by atoms with Gasteiger partial charge in [0.1, 0.15) is 23.7 Å². The second-order valence-corrected chi connectivity index (χ2v) is 8.46. The number of rotatable bonds is 6. The van der Waals surface area contributed by atoms with E-state index in [4.69, 9.17) is 14.5 Å². The number of hydrogen-bond donors (Lipinski definition) is 0. The van der Waals surface area contributed by atoms with Gasteiger partial charge >= 0.3 is 0 Å². The van der Waals surface area contributed by atoms with Gasteiger partial charge in [-0.1, -0.05) is 12.1 Å². The molecule has 8 heteroatoms. The first-order valence-corrected chi connectivity index (χ1v) is 11.5. The van der Waals surface area contributed by atoms with Gasteiger partial charge in [0.25, 0.3) is 0 Å². The second kappa shape index (κ2) is 8.63. The smallest absolute Gasteiger partial charge is 0.243 e. The van der Waals surface area contributed by atoms with Crippen molar-refractivity contribution in [1.29, 1.82) is 0 Å². The molecule has 164 valence electrons. The number of hydrogen-bond acceptors (Lipinski definition) is 6. The zero-order chi connectivity index (χ0) is 22.1. The molecule has 0 bridgehead atoms. The number of para-hydroxylation sites is 2. The van der Waals surface area contributed by atoms with Crippen molar-refractivity contribution >= 4 is 28.3 Å². The van der Waals surface area contributed by atoms with Crippen LogP contribution in [-0.4, -0.2) is 46.1 Å². The third-order valence-corrected chi connectivity index (χ3v) is 6.56. The fourth-order valence-corrected chi connectivity index (χ4v) is 5.00. The van der Waals surface area contributed by atoms with Crippen molar-refractivity contribution in [2.75, 3.05) is 20.8 Å². The highest BCUT2D eigenvalue weighted by Crippen LogP contribution is 2.39. The van der Waals surface area contributed by atoms with Gasteiger partial charge in [0, 0.05) is 17.5 Å². The first kappa shape index (κ1) is 20.5. The predicted molar refractivity (Wildman–Crippen MR) is 124 cm³/mol. The number of carbonyl (C=O) groups excluding carboxylic acids is 1. The van der Waals surface area contributed by atoms with Crippen LogP contribution in [0.1, 0.15) is 24.4 Å². The Morgan fingerprint density at radius 2 is 2.06 bits per heavy atom. The first-order chi connectivity index (χ1) is 15.7. The summed E-state index contributed by atoms with van der Waals surface area (Å²) >= 11 is 1.52. The van der Waals surface area contributed by atoms with E-state index in [-0.39, 0.29) is 18.5 Å². The van der Waals surface area contributed by atoms with Gasteiger partial charge in [0.15, 0.2) is 5.82 Å². The van der Waals surface area contributed by atoms with E-state index in [1.165, 1.54) is 11.3 Å². The van der Waals surface area contributed by atoms with Crippen LogP contribution in [0.4, 0.5) is 0 Å². The molecule has 0 aliphatic carbocycles. The number of ether oxygens (including phenoxy) is 2. The van der Waals surface area contributed by atoms with E-state index in [0.29, 0.717) is 6.54 Å². The summed E-state index contributed by atoms with van der Waals surface area (Å²) < 4.78 is 13.0. The van der Waals surface area contributed by atoms with Crippen molar-refractivity contribution in [1.82, 2.24) is 19.4 Å². The molecule has 1 aliphatic heterocycles. The first-order valence-electron chi connectivity index (χ1n) is 10.5. The molecule has 0 spiro atoms. The molecule has 32 heavy (non-hydrogen) atoms. The molecular formula is C24H24N4O3S. The van der Waals surface area contributed by atoms with E-state index in [1.54, 1.807) is 19.7 Å². The molecule has 7 nitrogen and oxygen atoms in total. The minimum atomic E-state index is -0.0509. The van der Waals surface area contributed by atoms with Crippen LogP contribution in [-0.2, 0) is 11.3 Å². The average Bonchev–Trinajstić information content (AvgIpc) is 3.58. The average molecular weight is 449 g/mol. The van der Waals surface area contributed by atoms with Crippen LogP contribution in [0.5, 0.6) is 11.5 Å². The van der Waals surface area contributed by atoms with Gasteiger partial charge in [0.2, 0.25) is 5.91 Å². The topological polar surface area (TPSA) is 69.5 Å². The van der Waals surface area contributed by atoms with Crippen LogP contribution >= 0.6 is 11.3 Å². The molecular weight excluding hydrogens is 424 g/mol. The molecule has 0 saturated carbocycles. The van der Waals surface area contributed by atoms with E-state index < -0.39 is 0 Å². The monoisotopic (exact) mass is 448 g/mol. The zero-order valence-corrected chi connectivity index (χ0v) is 18.8. The predicted octanol–water partition coefficient (Wildman–Crippen LogP) is 4.54. The fourth-order valence-electron chi connectivity index (χ4n) is 4.47. The Hall–Kier alpha value is -3.39. The van der Waals surface area contributed by atoms with Gasteiger partial charge < -0.3 is 18.9 Å². The summed E-state index contributed by atoms with van der Waals surface area (Å²) in [4.78, 5) is 24.8. The van der Waals surface area contributed by atoms with Gasteiger partial charge in [-0.05, 0) is 43.2 Å². The largest absolute Gasteiger partial charge is 0.497 e. The molecule has 5 rings (SSSR count). The maximum Gasteiger partial charge on any atom is 0.243 e. The molecule has 1 fully saturated rings. The number of likely N-dealkylation sites (tertiary alicyclic amines) is 1. The summed E-state index contributed by atoms with van der Waals surface area (Å²) in [5.41, 5.74) is 5.33. The minimum absolute atomic E-state index is 0.0509. The van der Waals surface area contributed by atoms with Crippen LogP contribution in [0.15, 0.2) is 53.4 Å². The Labute approximate surface area is 190 Å². The van der Waals surface area contributed by atoms with Crippen molar-refractivity contribution in [3.05, 3.63) is 58.9 Å². The Bertz CT molecular complexity index is 1250. The van der Waals surface area contributed by atoms with Gasteiger partial charge in [0.05, 0.1) is 36.8 Å². The summed E-state index contributed by atoms with van der Waals surface area (Å²) in [6, 6.07) is 13.6. The quantitative estimate of drug-likeness (QED) is 0.433. The molecule has 4 aromatic rings. The second-order valence-electron chi connectivity index (χ2n) is 7.74. The normalized spacial score (nSPS) is 15.9. The number of benzene rings is 2. The number of thiazole rings is 1. The number of imidazole rings is 1. The van der Waals surface area contributed by atoms with E-state index in [1.807, 2.05) is 57.3 Å². The summed E-state index contributed by atoms with van der Waals surface area (Å²) in [5.74, 6) is 2.30. The molecule has 1 aliphatic rings. The lowest BCUT2D eigenvalue weighted by molar-refractivity contribution is -0.132. The van der Waals surface area contributed by atoms with Gasteiger partial charge in [-0.2, -0.15) is 0 Å². The Morgan fingerprint density at radius 1 is 1.19 bits per heavy atom. The number of methoxy groups -OCH3 is 2. The van der Waals surface area contributed by atoms with E-state index in [0.717, 1.165) is 52.5 Å². The van der Waals surface area contributed by atoms with Crippen molar-refractivity contribution in [2.45, 2.75) is 25.4 Å². The van der Waals surface area contributed by atoms with E-state index in [9.17, 15) is 4.79 Å². The number of nitrogens with zero attached hydrogens (tertiary/aromatic N) is 4. The fraction of sp³-hybridized carbons (Fsp3) is 0.292. The molecule has 2 aromatic heterocycles. The van der Waals surface area contributed by atoms with Gasteiger partial charge in [-0.3, -0.25) is 4.79 Å². The van der Waals surface area contributed by atoms with Crippen molar-refractivity contribution < 1.29 is 14.3 Å². The Balaban J connectivity index is 1.50. The third-order valence-electron chi connectivity index (χ3n) is 5.98. The number of aromatic nitrogens is 3. The minimum Gasteiger partial charge on any atom is -0.497 e.